The van der Waals surface area contributed by atoms with Gasteiger partial charge in [0.05, 0.1) is 14.2 Å². The Morgan fingerprint density at radius 2 is 1.79 bits per heavy atom. The summed E-state index contributed by atoms with van der Waals surface area (Å²) in [5.41, 5.74) is 4.37. The van der Waals surface area contributed by atoms with Gasteiger partial charge in [-0.15, -0.1) is 0 Å². The molecule has 2 rings (SSSR count). The molecule has 6 nitrogen and oxygen atoms in total. The molecule has 2 N–H and O–H groups in total. The lowest BCUT2D eigenvalue weighted by Gasteiger charge is -2.21. The van der Waals surface area contributed by atoms with Crippen LogP contribution in [0.5, 0.6) is 11.5 Å². The summed E-state index contributed by atoms with van der Waals surface area (Å²) in [5.74, 6) is 1.13. The number of ether oxygens (including phenoxy) is 2. The standard InChI is InChI=1S/C22H28N2O4/c1-12(2)24-18-9-8-16(11-23-18)19-15(5)20(27-6)17(10-13(3)22(25)26)14(4)21(19)28-7/h8-12H,1-7H3,(H,23,24)(H,25,26)/b13-10+. The number of aromatic nitrogens is 1. The number of methoxy groups -OCH3 is 2. The van der Waals surface area contributed by atoms with Crippen LogP contribution in [0.4, 0.5) is 5.82 Å². The van der Waals surface area contributed by atoms with Crippen molar-refractivity contribution in [3.05, 3.63) is 40.6 Å². The molecule has 0 amide bonds. The number of nitrogens with zero attached hydrogens (tertiary/aromatic N) is 1. The Bertz CT molecular complexity index is 900. The van der Waals surface area contributed by atoms with Gasteiger partial charge < -0.3 is 19.9 Å². The zero-order valence-electron chi connectivity index (χ0n) is 17.5. The van der Waals surface area contributed by atoms with Gasteiger partial charge in [0.1, 0.15) is 17.3 Å². The van der Waals surface area contributed by atoms with E-state index in [9.17, 15) is 9.90 Å². The highest BCUT2D eigenvalue weighted by molar-refractivity contribution is 5.93. The molecule has 0 bridgehead atoms. The van der Waals surface area contributed by atoms with Gasteiger partial charge in [0.25, 0.3) is 0 Å². The van der Waals surface area contributed by atoms with Crippen LogP contribution < -0.4 is 14.8 Å². The summed E-state index contributed by atoms with van der Waals surface area (Å²) in [5, 5.41) is 12.5. The van der Waals surface area contributed by atoms with Crippen molar-refractivity contribution in [3.8, 4) is 22.6 Å². The van der Waals surface area contributed by atoms with E-state index in [1.807, 2.05) is 26.0 Å². The highest BCUT2D eigenvalue weighted by Gasteiger charge is 2.22. The van der Waals surface area contributed by atoms with E-state index in [-0.39, 0.29) is 5.57 Å². The van der Waals surface area contributed by atoms with Gasteiger partial charge in [-0.2, -0.15) is 0 Å². The number of carboxylic acid groups (broad SMARTS) is 1. The molecule has 0 aliphatic carbocycles. The van der Waals surface area contributed by atoms with Crippen LogP contribution in [-0.4, -0.2) is 36.3 Å². The zero-order chi connectivity index (χ0) is 21.0. The number of rotatable bonds is 7. The fourth-order valence-corrected chi connectivity index (χ4v) is 3.21. The molecule has 0 unspecified atom stereocenters. The van der Waals surface area contributed by atoms with Crippen molar-refractivity contribution in [2.24, 2.45) is 0 Å². The van der Waals surface area contributed by atoms with Gasteiger partial charge in [0, 0.05) is 45.6 Å². The molecule has 1 heterocycles. The molecule has 0 saturated carbocycles. The molecule has 0 radical (unpaired) electrons. The number of hydrogen-bond acceptors (Lipinski definition) is 5. The summed E-state index contributed by atoms with van der Waals surface area (Å²) in [4.78, 5) is 15.8. The van der Waals surface area contributed by atoms with E-state index in [4.69, 9.17) is 9.47 Å². The van der Waals surface area contributed by atoms with Crippen LogP contribution in [0.3, 0.4) is 0 Å². The van der Waals surface area contributed by atoms with E-state index in [0.29, 0.717) is 23.1 Å². The molecule has 28 heavy (non-hydrogen) atoms. The second-order valence-electron chi connectivity index (χ2n) is 6.97. The Hall–Kier alpha value is -3.02. The van der Waals surface area contributed by atoms with E-state index in [1.54, 1.807) is 33.4 Å². The zero-order valence-corrected chi connectivity index (χ0v) is 17.5. The van der Waals surface area contributed by atoms with Crippen LogP contribution in [0.1, 0.15) is 37.5 Å². The number of hydrogen-bond donors (Lipinski definition) is 2. The van der Waals surface area contributed by atoms with E-state index in [2.05, 4.69) is 24.1 Å². The first-order valence-corrected chi connectivity index (χ1v) is 9.10. The molecule has 150 valence electrons. The van der Waals surface area contributed by atoms with Crippen LogP contribution in [0.2, 0.25) is 0 Å². The summed E-state index contributed by atoms with van der Waals surface area (Å²) in [6, 6.07) is 4.21. The first-order valence-electron chi connectivity index (χ1n) is 9.10. The molecule has 2 aromatic rings. The van der Waals surface area contributed by atoms with Crippen molar-refractivity contribution in [1.82, 2.24) is 4.98 Å². The maximum absolute atomic E-state index is 11.3. The quantitative estimate of drug-likeness (QED) is 0.674. The maximum atomic E-state index is 11.3. The lowest BCUT2D eigenvalue weighted by atomic mass is 9.92. The van der Waals surface area contributed by atoms with Gasteiger partial charge in [0.15, 0.2) is 0 Å². The minimum Gasteiger partial charge on any atom is -0.496 e. The molecule has 0 aliphatic rings. The van der Waals surface area contributed by atoms with Gasteiger partial charge in [-0.1, -0.05) is 0 Å². The first-order chi connectivity index (χ1) is 13.2. The summed E-state index contributed by atoms with van der Waals surface area (Å²) >= 11 is 0. The second kappa shape index (κ2) is 8.78. The average molecular weight is 384 g/mol. The van der Waals surface area contributed by atoms with E-state index in [1.165, 1.54) is 0 Å². The SMILES string of the molecule is COc1c(C)c(-c2ccc(NC(C)C)nc2)c(OC)c(C)c1/C=C(\C)C(=O)O. The summed E-state index contributed by atoms with van der Waals surface area (Å²) in [7, 11) is 3.19. The minimum absolute atomic E-state index is 0.224. The van der Waals surface area contributed by atoms with Crippen molar-refractivity contribution in [1.29, 1.82) is 0 Å². The van der Waals surface area contributed by atoms with Gasteiger partial charge in [-0.3, -0.25) is 0 Å². The second-order valence-corrected chi connectivity index (χ2v) is 6.97. The summed E-state index contributed by atoms with van der Waals surface area (Å²) < 4.78 is 11.4. The van der Waals surface area contributed by atoms with Crippen LogP contribution in [-0.2, 0) is 4.79 Å². The average Bonchev–Trinajstić information content (AvgIpc) is 2.64. The fourth-order valence-electron chi connectivity index (χ4n) is 3.21. The van der Waals surface area contributed by atoms with E-state index >= 15 is 0 Å². The van der Waals surface area contributed by atoms with Crippen molar-refractivity contribution in [2.45, 2.75) is 40.7 Å². The van der Waals surface area contributed by atoms with Gasteiger partial charge in [-0.05, 0) is 52.8 Å². The molecule has 6 heteroatoms. The largest absolute Gasteiger partial charge is 0.496 e. The molecular weight excluding hydrogens is 356 g/mol. The molecule has 1 aromatic heterocycles. The number of carbonyl (C=O) groups is 1. The Labute approximate surface area is 166 Å². The lowest BCUT2D eigenvalue weighted by Crippen LogP contribution is -2.10. The monoisotopic (exact) mass is 384 g/mol. The summed E-state index contributed by atoms with van der Waals surface area (Å²) in [6.07, 6.45) is 3.41. The molecule has 0 aliphatic heterocycles. The van der Waals surface area contributed by atoms with E-state index in [0.717, 1.165) is 28.1 Å². The third-order valence-corrected chi connectivity index (χ3v) is 4.53. The van der Waals surface area contributed by atoms with E-state index < -0.39 is 5.97 Å². The highest BCUT2D eigenvalue weighted by Crippen LogP contribution is 2.44. The van der Waals surface area contributed by atoms with Crippen LogP contribution >= 0.6 is 0 Å². The van der Waals surface area contributed by atoms with Crippen LogP contribution in [0.15, 0.2) is 23.9 Å². The van der Waals surface area contributed by atoms with Gasteiger partial charge in [0.2, 0.25) is 0 Å². The smallest absolute Gasteiger partial charge is 0.331 e. The Morgan fingerprint density at radius 1 is 1.14 bits per heavy atom. The third-order valence-electron chi connectivity index (χ3n) is 4.53. The molecule has 0 fully saturated rings. The van der Waals surface area contributed by atoms with Crippen molar-refractivity contribution < 1.29 is 19.4 Å². The Kier molecular flexibility index (Phi) is 6.67. The highest BCUT2D eigenvalue weighted by atomic mass is 16.5. The first kappa shape index (κ1) is 21.3. The number of carboxylic acids is 1. The van der Waals surface area contributed by atoms with Gasteiger partial charge in [-0.25, -0.2) is 9.78 Å². The number of nitrogens with one attached hydrogen (secondary N) is 1. The van der Waals surface area contributed by atoms with Crippen LogP contribution in [0.25, 0.3) is 17.2 Å². The minimum atomic E-state index is -0.973. The Morgan fingerprint density at radius 3 is 2.25 bits per heavy atom. The molecule has 0 spiro atoms. The number of aliphatic carboxylic acids is 1. The van der Waals surface area contributed by atoms with Crippen molar-refractivity contribution >= 4 is 17.9 Å². The molecule has 0 atom stereocenters. The van der Waals surface area contributed by atoms with Crippen molar-refractivity contribution in [3.63, 3.8) is 0 Å². The molecule has 0 saturated heterocycles. The lowest BCUT2D eigenvalue weighted by molar-refractivity contribution is -0.132. The number of benzene rings is 1. The normalized spacial score (nSPS) is 11.5. The number of pyridine rings is 1. The molecular formula is C22H28N2O4. The predicted octanol–water partition coefficient (Wildman–Crippen LogP) is 4.69. The Balaban J connectivity index is 2.71. The maximum Gasteiger partial charge on any atom is 0.331 e. The van der Waals surface area contributed by atoms with Crippen LogP contribution in [0, 0.1) is 13.8 Å². The topological polar surface area (TPSA) is 80.7 Å². The third kappa shape index (κ3) is 4.27. The fraction of sp³-hybridized carbons (Fsp3) is 0.364. The predicted molar refractivity (Wildman–Crippen MR) is 112 cm³/mol. The van der Waals surface area contributed by atoms with Crippen molar-refractivity contribution in [2.75, 3.05) is 19.5 Å². The number of anilines is 1. The summed E-state index contributed by atoms with van der Waals surface area (Å²) in [6.45, 7) is 9.50. The van der Waals surface area contributed by atoms with Gasteiger partial charge >= 0.3 is 5.97 Å². The molecule has 1 aromatic carbocycles.